The van der Waals surface area contributed by atoms with Gasteiger partial charge in [-0.05, 0) is 109 Å². The molecular weight excluding hydrogens is 928 g/mol. The third-order valence-corrected chi connectivity index (χ3v) is 13.0. The van der Waals surface area contributed by atoms with Crippen LogP contribution in [-0.4, -0.2) is 66.5 Å². The highest BCUT2D eigenvalue weighted by molar-refractivity contribution is 7.47. The molecule has 0 spiro atoms. The lowest BCUT2D eigenvalue weighted by Gasteiger charge is -2.21. The summed E-state index contributed by atoms with van der Waals surface area (Å²) in [5, 5.41) is 9.80. The third-order valence-electron chi connectivity index (χ3n) is 12.1. The van der Waals surface area contributed by atoms with Gasteiger partial charge >= 0.3 is 25.7 Å². The summed E-state index contributed by atoms with van der Waals surface area (Å²) in [5.74, 6) is -1.50. The Kier molecular flexibility index (Phi) is 51.9. The zero-order valence-corrected chi connectivity index (χ0v) is 46.8. The Labute approximate surface area is 439 Å². The second-order valence-corrected chi connectivity index (χ2v) is 20.5. The van der Waals surface area contributed by atoms with Gasteiger partial charge < -0.3 is 24.2 Å². The number of esters is 3. The lowest BCUT2D eigenvalue weighted by Crippen LogP contribution is -2.30. The monoisotopic (exact) mass is 1030 g/mol. The van der Waals surface area contributed by atoms with E-state index in [9.17, 15) is 28.9 Å². The van der Waals surface area contributed by atoms with Crippen LogP contribution in [0.1, 0.15) is 252 Å². The van der Waals surface area contributed by atoms with Gasteiger partial charge in [-0.25, -0.2) is 4.57 Å². The average Bonchev–Trinajstić information content (AvgIpc) is 3.37. The molecule has 0 rings (SSSR count). The van der Waals surface area contributed by atoms with Crippen LogP contribution in [0.5, 0.6) is 0 Å². The van der Waals surface area contributed by atoms with Crippen molar-refractivity contribution in [3.05, 3.63) is 72.9 Å². The number of aliphatic hydroxyl groups excluding tert-OH is 1. The van der Waals surface area contributed by atoms with Gasteiger partial charge in [0, 0.05) is 19.3 Å². The molecule has 3 atom stereocenters. The Morgan fingerprint density at radius 2 is 0.708 bits per heavy atom. The third kappa shape index (κ3) is 51.8. The molecule has 0 aliphatic heterocycles. The molecule has 0 bridgehead atoms. The first kappa shape index (κ1) is 68.9. The van der Waals surface area contributed by atoms with Crippen LogP contribution in [0.15, 0.2) is 72.9 Å². The average molecular weight is 1030 g/mol. The standard InChI is InChI=1S/C60H105O11P/c1-4-7-10-13-16-19-22-25-26-27-28-29-30-33-34-37-40-43-46-49-58(62)67-53-57(71-60(64)51-48-45-42-39-36-32-24-21-18-15-12-9-6-3)55-69-72(65,66)68-54-56(52-61)70-59(63)50-47-44-41-38-35-31-23-20-17-14-11-8-5-2/h12,15-16,19-21,23-26,28-29,56-57,61H,4-11,13-14,17-18,22,27,30-55H2,1-3H3,(H,65,66)/b15-12-,19-16-,23-20-,24-21-,26-25-,29-28-. The first-order chi connectivity index (χ1) is 35.2. The number of hydrogen-bond acceptors (Lipinski definition) is 10. The molecule has 0 aromatic rings. The van der Waals surface area contributed by atoms with Crippen molar-refractivity contribution in [1.82, 2.24) is 0 Å². The second-order valence-electron chi connectivity index (χ2n) is 19.1. The zero-order valence-electron chi connectivity index (χ0n) is 45.9. The van der Waals surface area contributed by atoms with E-state index in [-0.39, 0.29) is 25.9 Å². The Morgan fingerprint density at radius 1 is 0.389 bits per heavy atom. The Hall–Kier alpha value is -3.08. The van der Waals surface area contributed by atoms with Gasteiger partial charge in [-0.3, -0.25) is 23.4 Å². The number of phosphoric ester groups is 1. The van der Waals surface area contributed by atoms with Crippen LogP contribution in [0.2, 0.25) is 0 Å². The van der Waals surface area contributed by atoms with Crippen molar-refractivity contribution in [2.75, 3.05) is 26.4 Å². The number of carbonyl (C=O) groups excluding carboxylic acids is 3. The predicted molar refractivity (Wildman–Crippen MR) is 298 cm³/mol. The molecule has 0 saturated carbocycles. The SMILES string of the molecule is CCC/C=C\C/C=C\CCCCCCCC(=O)OC(COC(=O)CCCCCCCC/C=C\C/C=C\C/C=C\CCCCC)COP(=O)(O)OCC(CO)OC(=O)CCCCCCC/C=C\CCCCCC. The number of rotatable bonds is 53. The van der Waals surface area contributed by atoms with E-state index in [2.05, 4.69) is 93.7 Å². The molecule has 0 fully saturated rings. The van der Waals surface area contributed by atoms with E-state index in [1.807, 2.05) is 0 Å². The molecule has 2 N–H and O–H groups in total. The van der Waals surface area contributed by atoms with E-state index in [0.717, 1.165) is 141 Å². The first-order valence-corrected chi connectivity index (χ1v) is 30.3. The summed E-state index contributed by atoms with van der Waals surface area (Å²) in [4.78, 5) is 48.5. The molecule has 0 saturated heterocycles. The zero-order chi connectivity index (χ0) is 52.7. The summed E-state index contributed by atoms with van der Waals surface area (Å²) < 4.78 is 39.5. The quantitative estimate of drug-likeness (QED) is 0.0197. The minimum Gasteiger partial charge on any atom is -0.462 e. The molecule has 0 aromatic heterocycles. The van der Waals surface area contributed by atoms with Gasteiger partial charge in [0.25, 0.3) is 0 Å². The van der Waals surface area contributed by atoms with Gasteiger partial charge in [0.2, 0.25) is 0 Å². The lowest BCUT2D eigenvalue weighted by molar-refractivity contribution is -0.161. The fourth-order valence-corrected chi connectivity index (χ4v) is 8.41. The van der Waals surface area contributed by atoms with Crippen molar-refractivity contribution in [2.45, 2.75) is 264 Å². The minimum absolute atomic E-state index is 0.146. The molecular formula is C60H105O11P. The molecule has 0 aliphatic rings. The van der Waals surface area contributed by atoms with Crippen LogP contribution in [0, 0.1) is 0 Å². The van der Waals surface area contributed by atoms with Gasteiger partial charge in [-0.2, -0.15) is 0 Å². The van der Waals surface area contributed by atoms with Crippen LogP contribution in [-0.2, 0) is 42.2 Å². The van der Waals surface area contributed by atoms with Gasteiger partial charge in [0.1, 0.15) is 12.7 Å². The minimum atomic E-state index is -4.76. The van der Waals surface area contributed by atoms with E-state index in [0.29, 0.717) is 19.3 Å². The smallest absolute Gasteiger partial charge is 0.462 e. The summed E-state index contributed by atoms with van der Waals surface area (Å²) in [5.41, 5.74) is 0. The van der Waals surface area contributed by atoms with Crippen LogP contribution in [0.25, 0.3) is 0 Å². The normalized spacial score (nSPS) is 13.9. The van der Waals surface area contributed by atoms with Crippen molar-refractivity contribution in [3.8, 4) is 0 Å². The van der Waals surface area contributed by atoms with E-state index in [1.165, 1.54) is 51.4 Å². The molecule has 3 unspecified atom stereocenters. The second kappa shape index (κ2) is 54.2. The molecule has 72 heavy (non-hydrogen) atoms. The lowest BCUT2D eigenvalue weighted by atomic mass is 10.1. The van der Waals surface area contributed by atoms with E-state index >= 15 is 0 Å². The maximum atomic E-state index is 12.9. The molecule has 0 radical (unpaired) electrons. The molecule has 11 nitrogen and oxygen atoms in total. The van der Waals surface area contributed by atoms with Gasteiger partial charge in [-0.1, -0.05) is 196 Å². The number of carbonyl (C=O) groups is 3. The van der Waals surface area contributed by atoms with Crippen LogP contribution in [0.3, 0.4) is 0 Å². The van der Waals surface area contributed by atoms with Gasteiger partial charge in [0.05, 0.1) is 19.8 Å². The number of phosphoric acid groups is 1. The Bertz CT molecular complexity index is 1490. The predicted octanol–water partition coefficient (Wildman–Crippen LogP) is 16.9. The largest absolute Gasteiger partial charge is 0.472 e. The topological polar surface area (TPSA) is 155 Å². The highest BCUT2D eigenvalue weighted by Gasteiger charge is 2.28. The number of aliphatic hydroxyl groups is 1. The Morgan fingerprint density at radius 3 is 1.14 bits per heavy atom. The maximum Gasteiger partial charge on any atom is 0.472 e. The number of hydrogen-bond donors (Lipinski definition) is 2. The van der Waals surface area contributed by atoms with Crippen molar-refractivity contribution in [1.29, 1.82) is 0 Å². The highest BCUT2D eigenvalue weighted by Crippen LogP contribution is 2.43. The molecule has 0 amide bonds. The molecule has 0 aliphatic carbocycles. The summed E-state index contributed by atoms with van der Waals surface area (Å²) in [6, 6.07) is 0. The van der Waals surface area contributed by atoms with Crippen LogP contribution >= 0.6 is 7.82 Å². The summed E-state index contributed by atoms with van der Waals surface area (Å²) >= 11 is 0. The van der Waals surface area contributed by atoms with Crippen molar-refractivity contribution >= 4 is 25.7 Å². The van der Waals surface area contributed by atoms with Crippen LogP contribution in [0.4, 0.5) is 0 Å². The van der Waals surface area contributed by atoms with Crippen molar-refractivity contribution in [2.24, 2.45) is 0 Å². The molecule has 12 heteroatoms. The maximum absolute atomic E-state index is 12.9. The van der Waals surface area contributed by atoms with Crippen molar-refractivity contribution in [3.63, 3.8) is 0 Å². The van der Waals surface area contributed by atoms with Crippen molar-refractivity contribution < 1.29 is 52.2 Å². The highest BCUT2D eigenvalue weighted by atomic mass is 31.2. The Balaban J connectivity index is 4.74. The van der Waals surface area contributed by atoms with Gasteiger partial charge in [-0.15, -0.1) is 0 Å². The number of ether oxygens (including phenoxy) is 3. The van der Waals surface area contributed by atoms with Crippen LogP contribution < -0.4 is 0 Å². The first-order valence-electron chi connectivity index (χ1n) is 28.8. The summed E-state index contributed by atoms with van der Waals surface area (Å²) in [6.45, 7) is 4.50. The number of allylic oxidation sites excluding steroid dienone is 12. The number of unbranched alkanes of at least 4 members (excludes halogenated alkanes) is 24. The van der Waals surface area contributed by atoms with E-state index in [4.69, 9.17) is 23.3 Å². The molecule has 416 valence electrons. The molecule has 0 aromatic carbocycles. The summed E-state index contributed by atoms with van der Waals surface area (Å²) in [7, 11) is -4.76. The van der Waals surface area contributed by atoms with Gasteiger partial charge in [0.15, 0.2) is 6.10 Å². The molecule has 0 heterocycles. The fraction of sp³-hybridized carbons (Fsp3) is 0.750. The van der Waals surface area contributed by atoms with E-state index < -0.39 is 57.8 Å². The van der Waals surface area contributed by atoms with E-state index in [1.54, 1.807) is 0 Å². The fourth-order valence-electron chi connectivity index (χ4n) is 7.63. The summed E-state index contributed by atoms with van der Waals surface area (Å²) in [6.07, 6.45) is 60.0.